The van der Waals surface area contributed by atoms with Crippen LogP contribution in [0.3, 0.4) is 0 Å². The number of ketones is 1. The fourth-order valence-corrected chi connectivity index (χ4v) is 8.09. The monoisotopic (exact) mass is 543 g/mol. The van der Waals surface area contributed by atoms with E-state index in [2.05, 4.69) is 11.5 Å². The number of ether oxygens (including phenoxy) is 2. The predicted molar refractivity (Wildman–Crippen MR) is 141 cm³/mol. The molecular weight excluding hydrogens is 498 g/mol. The zero-order valence-electron chi connectivity index (χ0n) is 23.2. The highest BCUT2D eigenvalue weighted by molar-refractivity contribution is 5.92. The Kier molecular flexibility index (Phi) is 8.13. The molecule has 4 aliphatic rings. The molecule has 4 fully saturated rings. The summed E-state index contributed by atoms with van der Waals surface area (Å²) in [7, 11) is 0. The molecule has 37 heavy (non-hydrogen) atoms. The molecular formula is C28H46ClNO7. The van der Waals surface area contributed by atoms with Crippen LogP contribution < -0.4 is 0 Å². The Balaban J connectivity index is 0.00000380. The van der Waals surface area contributed by atoms with Gasteiger partial charge in [0.25, 0.3) is 0 Å². The van der Waals surface area contributed by atoms with Crippen molar-refractivity contribution < 1.29 is 34.4 Å². The number of aliphatic hydroxyl groups is 3. The minimum atomic E-state index is -2.20. The van der Waals surface area contributed by atoms with Gasteiger partial charge in [0, 0.05) is 17.8 Å². The second kappa shape index (κ2) is 9.86. The number of nitrogens with zero attached hydrogens (tertiary/aromatic N) is 1. The van der Waals surface area contributed by atoms with Crippen LogP contribution in [0.25, 0.3) is 0 Å². The van der Waals surface area contributed by atoms with Crippen LogP contribution in [0.2, 0.25) is 0 Å². The van der Waals surface area contributed by atoms with Crippen molar-refractivity contribution in [1.82, 2.24) is 4.90 Å². The van der Waals surface area contributed by atoms with Crippen molar-refractivity contribution in [3.63, 3.8) is 0 Å². The number of aliphatic hydroxyl groups excluding tert-OH is 2. The number of hydrogen-bond donors (Lipinski definition) is 3. The Hall–Kier alpha value is -1.03. The van der Waals surface area contributed by atoms with Crippen LogP contribution in [0.15, 0.2) is 12.7 Å². The molecule has 0 aromatic carbocycles. The van der Waals surface area contributed by atoms with Gasteiger partial charge in [-0.2, -0.15) is 0 Å². The van der Waals surface area contributed by atoms with Crippen molar-refractivity contribution in [2.45, 2.75) is 121 Å². The van der Waals surface area contributed by atoms with Crippen LogP contribution in [-0.2, 0) is 19.1 Å². The van der Waals surface area contributed by atoms with E-state index >= 15 is 0 Å². The molecule has 0 radical (unpaired) electrons. The third-order valence-corrected chi connectivity index (χ3v) is 10.3. The van der Waals surface area contributed by atoms with E-state index in [0.717, 1.165) is 32.4 Å². The minimum absolute atomic E-state index is 0. The number of rotatable bonds is 4. The molecule has 2 saturated carbocycles. The molecule has 212 valence electrons. The summed E-state index contributed by atoms with van der Waals surface area (Å²) in [6.07, 6.45) is 1.82. The minimum Gasteiger partial charge on any atom is -0.458 e. The molecule has 5 unspecified atom stereocenters. The normalized spacial score (nSPS) is 46.6. The van der Waals surface area contributed by atoms with E-state index in [4.69, 9.17) is 9.47 Å². The number of likely N-dealkylation sites (tertiary alicyclic amines) is 1. The number of piperidine rings is 1. The molecule has 2 aliphatic heterocycles. The van der Waals surface area contributed by atoms with Crippen LogP contribution in [0.4, 0.5) is 0 Å². The van der Waals surface area contributed by atoms with Crippen LogP contribution in [0, 0.1) is 16.7 Å². The molecule has 0 bridgehead atoms. The fraction of sp³-hybridized carbons (Fsp3) is 0.857. The first-order valence-corrected chi connectivity index (χ1v) is 13.5. The Morgan fingerprint density at radius 3 is 2.32 bits per heavy atom. The smallest absolute Gasteiger partial charge is 0.323 e. The topological polar surface area (TPSA) is 117 Å². The van der Waals surface area contributed by atoms with E-state index in [9.17, 15) is 24.9 Å². The molecule has 2 aliphatic carbocycles. The molecule has 3 N–H and O–H groups in total. The van der Waals surface area contributed by atoms with Crippen molar-refractivity contribution in [3.8, 4) is 0 Å². The van der Waals surface area contributed by atoms with Gasteiger partial charge in [-0.1, -0.05) is 33.3 Å². The first kappa shape index (κ1) is 30.5. The highest BCUT2D eigenvalue weighted by atomic mass is 35.5. The van der Waals surface area contributed by atoms with Crippen molar-refractivity contribution in [3.05, 3.63) is 12.7 Å². The van der Waals surface area contributed by atoms with Crippen LogP contribution in [0.1, 0.15) is 80.1 Å². The number of hydrogen-bond acceptors (Lipinski definition) is 8. The van der Waals surface area contributed by atoms with Crippen molar-refractivity contribution >= 4 is 24.2 Å². The summed E-state index contributed by atoms with van der Waals surface area (Å²) >= 11 is 0. The van der Waals surface area contributed by atoms with E-state index in [1.807, 2.05) is 20.8 Å². The van der Waals surface area contributed by atoms with Crippen molar-refractivity contribution in [1.29, 1.82) is 0 Å². The summed E-state index contributed by atoms with van der Waals surface area (Å²) < 4.78 is 12.5. The highest BCUT2D eigenvalue weighted by Crippen LogP contribution is 2.67. The van der Waals surface area contributed by atoms with Crippen LogP contribution in [-0.4, -0.2) is 86.2 Å². The second-order valence-electron chi connectivity index (χ2n) is 13.0. The number of Topliss-reactive ketones (excluding diaryl/α,β-unsaturated/α-hetero) is 1. The van der Waals surface area contributed by atoms with Gasteiger partial charge < -0.3 is 24.8 Å². The number of fused-ring (bicyclic) bond motifs is 3. The molecule has 0 amide bonds. The van der Waals surface area contributed by atoms with E-state index < -0.39 is 69.7 Å². The summed E-state index contributed by atoms with van der Waals surface area (Å²) in [5.74, 6) is -1.66. The quantitative estimate of drug-likeness (QED) is 0.366. The lowest BCUT2D eigenvalue weighted by Gasteiger charge is -2.71. The number of carbonyl (C=O) groups is 2. The Bertz CT molecular complexity index is 922. The van der Waals surface area contributed by atoms with E-state index in [-0.39, 0.29) is 18.8 Å². The SMILES string of the molecule is C=C[C@@]1(C)CC(=O)[C@]2(O)C3(C)C(C(OC(=O)C(C)N4CCCCC4)C(O)[C@@]2(C)O1)C(C)(C)CC[C@@H]3O.Cl. The van der Waals surface area contributed by atoms with Gasteiger partial charge in [-0.25, -0.2) is 0 Å². The van der Waals surface area contributed by atoms with Gasteiger partial charge in [0.1, 0.15) is 23.9 Å². The maximum absolute atomic E-state index is 13.8. The van der Waals surface area contributed by atoms with Gasteiger partial charge in [0.15, 0.2) is 11.4 Å². The standard InChI is InChI=1S/C28H45NO7.ClH/c1-8-25(5)16-19(31)28(34)26(6)18(30)12-13-24(3,4)21(26)20(22(32)27(28,7)36-25)35-23(33)17(2)29-14-10-9-11-15-29;/h8,17-18,20-22,30,32,34H,1,9-16H2,2-7H3;1H/t17?,18-,20?,21?,22?,25-,26?,27+,28-;/m0./s1. The van der Waals surface area contributed by atoms with Crippen LogP contribution >= 0.6 is 12.4 Å². The Morgan fingerprint density at radius 2 is 1.76 bits per heavy atom. The summed E-state index contributed by atoms with van der Waals surface area (Å²) in [6.45, 7) is 16.1. The van der Waals surface area contributed by atoms with E-state index in [1.165, 1.54) is 13.0 Å². The van der Waals surface area contributed by atoms with Gasteiger partial charge in [-0.15, -0.1) is 19.0 Å². The number of halogens is 1. The summed E-state index contributed by atoms with van der Waals surface area (Å²) in [5, 5.41) is 35.7. The van der Waals surface area contributed by atoms with Gasteiger partial charge in [0.2, 0.25) is 0 Å². The fourth-order valence-electron chi connectivity index (χ4n) is 8.09. The lowest BCUT2D eigenvalue weighted by atomic mass is 9.40. The molecule has 9 atom stereocenters. The molecule has 8 nitrogen and oxygen atoms in total. The van der Waals surface area contributed by atoms with Gasteiger partial charge in [0.05, 0.1) is 11.7 Å². The Morgan fingerprint density at radius 1 is 1.16 bits per heavy atom. The molecule has 4 rings (SSSR count). The maximum Gasteiger partial charge on any atom is 0.323 e. The van der Waals surface area contributed by atoms with Crippen molar-refractivity contribution in [2.24, 2.45) is 16.7 Å². The zero-order chi connectivity index (χ0) is 26.9. The molecule has 0 aromatic heterocycles. The molecule has 2 saturated heterocycles. The van der Waals surface area contributed by atoms with Gasteiger partial charge in [-0.05, 0) is 65.0 Å². The van der Waals surface area contributed by atoms with Crippen LogP contribution in [0.5, 0.6) is 0 Å². The maximum atomic E-state index is 13.8. The second-order valence-corrected chi connectivity index (χ2v) is 13.0. The summed E-state index contributed by atoms with van der Waals surface area (Å²) in [4.78, 5) is 29.4. The molecule has 9 heteroatoms. The molecule has 0 aromatic rings. The highest BCUT2D eigenvalue weighted by Gasteiger charge is 2.81. The molecule has 0 spiro atoms. The van der Waals surface area contributed by atoms with E-state index in [0.29, 0.717) is 12.8 Å². The lowest BCUT2D eigenvalue weighted by Crippen LogP contribution is -2.86. The average Bonchev–Trinajstić information content (AvgIpc) is 2.83. The third kappa shape index (κ3) is 4.21. The summed E-state index contributed by atoms with van der Waals surface area (Å²) in [5.41, 5.74) is -7.16. The number of esters is 1. The number of carbonyl (C=O) groups excluding carboxylic acids is 2. The summed E-state index contributed by atoms with van der Waals surface area (Å²) in [6, 6.07) is -0.499. The first-order chi connectivity index (χ1) is 16.6. The van der Waals surface area contributed by atoms with Gasteiger partial charge >= 0.3 is 5.97 Å². The largest absolute Gasteiger partial charge is 0.458 e. The van der Waals surface area contributed by atoms with E-state index in [1.54, 1.807) is 13.8 Å². The zero-order valence-corrected chi connectivity index (χ0v) is 24.0. The molecule has 2 heterocycles. The van der Waals surface area contributed by atoms with Gasteiger partial charge in [-0.3, -0.25) is 14.5 Å². The predicted octanol–water partition coefficient (Wildman–Crippen LogP) is 2.80. The van der Waals surface area contributed by atoms with Crippen molar-refractivity contribution in [2.75, 3.05) is 13.1 Å². The first-order valence-electron chi connectivity index (χ1n) is 13.5. The average molecular weight is 544 g/mol. The third-order valence-electron chi connectivity index (χ3n) is 10.3. The lowest BCUT2D eigenvalue weighted by molar-refractivity contribution is -0.370. The Labute approximate surface area is 227 Å².